The fraction of sp³-hybridized carbons (Fsp3) is 0.250. The van der Waals surface area contributed by atoms with Gasteiger partial charge in [0.2, 0.25) is 5.91 Å². The van der Waals surface area contributed by atoms with Gasteiger partial charge in [-0.2, -0.15) is 0 Å². The van der Waals surface area contributed by atoms with Crippen molar-refractivity contribution in [3.8, 4) is 5.75 Å². The van der Waals surface area contributed by atoms with Crippen LogP contribution in [0.3, 0.4) is 0 Å². The summed E-state index contributed by atoms with van der Waals surface area (Å²) in [4.78, 5) is 11.5. The molecule has 4 nitrogen and oxygen atoms in total. The van der Waals surface area contributed by atoms with E-state index < -0.39 is 5.82 Å². The normalized spacial score (nSPS) is 17.0. The van der Waals surface area contributed by atoms with Crippen molar-refractivity contribution in [3.05, 3.63) is 71.6 Å². The minimum absolute atomic E-state index is 0.00521. The third-order valence-corrected chi connectivity index (χ3v) is 4.04. The Kier molecular flexibility index (Phi) is 5.80. The molecule has 3 rings (SSSR count). The highest BCUT2D eigenvalue weighted by atomic mass is 19.1. The predicted molar refractivity (Wildman–Crippen MR) is 95.6 cm³/mol. The van der Waals surface area contributed by atoms with Crippen molar-refractivity contribution >= 4 is 12.0 Å². The summed E-state index contributed by atoms with van der Waals surface area (Å²) >= 11 is 0. The highest BCUT2D eigenvalue weighted by Gasteiger charge is 2.23. The lowest BCUT2D eigenvalue weighted by molar-refractivity contribution is -0.120. The molecule has 0 aromatic heterocycles. The number of hydrogen-bond donors (Lipinski definition) is 2. The van der Waals surface area contributed by atoms with Crippen molar-refractivity contribution in [2.75, 3.05) is 13.2 Å². The van der Waals surface area contributed by atoms with E-state index in [0.29, 0.717) is 19.7 Å². The Bertz CT molecular complexity index is 747. The van der Waals surface area contributed by atoms with Gasteiger partial charge in [0, 0.05) is 13.1 Å². The number of amides is 1. The summed E-state index contributed by atoms with van der Waals surface area (Å²) in [6.45, 7) is 1.43. The summed E-state index contributed by atoms with van der Waals surface area (Å²) in [5.74, 6) is -0.172. The monoisotopic (exact) mass is 340 g/mol. The molecule has 0 aliphatic carbocycles. The zero-order valence-corrected chi connectivity index (χ0v) is 13.9. The van der Waals surface area contributed by atoms with Gasteiger partial charge in [0.05, 0.1) is 6.04 Å². The van der Waals surface area contributed by atoms with E-state index in [4.69, 9.17) is 4.74 Å². The molecule has 1 atom stereocenters. The Hall–Kier alpha value is -2.66. The molecule has 0 saturated carbocycles. The first-order valence-electron chi connectivity index (χ1n) is 8.36. The molecule has 1 aliphatic heterocycles. The number of ether oxygens (including phenoxy) is 1. The molecule has 1 unspecified atom stereocenters. The predicted octanol–water partition coefficient (Wildman–Crippen LogP) is 2.90. The number of benzene rings is 2. The number of rotatable bonds is 7. The maximum Gasteiger partial charge on any atom is 0.237 e. The number of carbonyl (C=O) groups is 1. The zero-order chi connectivity index (χ0) is 17.5. The van der Waals surface area contributed by atoms with Crippen LogP contribution in [-0.2, 0) is 11.3 Å². The maximum absolute atomic E-state index is 14.1. The number of hydrogen-bond acceptors (Lipinski definition) is 3. The Labute approximate surface area is 146 Å². The highest BCUT2D eigenvalue weighted by molar-refractivity contribution is 5.83. The van der Waals surface area contributed by atoms with Crippen LogP contribution in [0.15, 0.2) is 54.6 Å². The summed E-state index contributed by atoms with van der Waals surface area (Å²) in [5.41, 5.74) is 1.85. The molecule has 1 aliphatic rings. The van der Waals surface area contributed by atoms with Crippen LogP contribution >= 0.6 is 0 Å². The van der Waals surface area contributed by atoms with E-state index in [1.54, 1.807) is 12.1 Å². The molecule has 5 heteroatoms. The minimum Gasteiger partial charge on any atom is -0.486 e. The number of halogens is 1. The molecule has 130 valence electrons. The first-order chi connectivity index (χ1) is 12.2. The van der Waals surface area contributed by atoms with E-state index in [-0.39, 0.29) is 17.7 Å². The average Bonchev–Trinajstić information content (AvgIpc) is 3.04. The van der Waals surface area contributed by atoms with E-state index >= 15 is 0 Å². The van der Waals surface area contributed by atoms with Gasteiger partial charge in [-0.25, -0.2) is 4.39 Å². The molecule has 2 aromatic rings. The van der Waals surface area contributed by atoms with Crippen LogP contribution in [0, 0.1) is 5.82 Å². The van der Waals surface area contributed by atoms with Crippen molar-refractivity contribution in [2.45, 2.75) is 19.0 Å². The lowest BCUT2D eigenvalue weighted by Gasteiger charge is -2.11. The second-order valence-electron chi connectivity index (χ2n) is 5.90. The zero-order valence-electron chi connectivity index (χ0n) is 13.9. The lowest BCUT2D eigenvalue weighted by atomic mass is 10.2. The summed E-state index contributed by atoms with van der Waals surface area (Å²) < 4.78 is 19.6. The largest absolute Gasteiger partial charge is 0.486 e. The van der Waals surface area contributed by atoms with Crippen molar-refractivity contribution in [3.63, 3.8) is 0 Å². The average molecular weight is 340 g/mol. The Morgan fingerprint density at radius 1 is 1.24 bits per heavy atom. The molecule has 0 spiro atoms. The summed E-state index contributed by atoms with van der Waals surface area (Å²) in [5, 5.41) is 5.90. The van der Waals surface area contributed by atoms with E-state index in [2.05, 4.69) is 10.6 Å². The van der Waals surface area contributed by atoms with Crippen molar-refractivity contribution in [1.29, 1.82) is 0 Å². The fourth-order valence-corrected chi connectivity index (χ4v) is 2.69. The van der Waals surface area contributed by atoms with E-state index in [0.717, 1.165) is 17.5 Å². The lowest BCUT2D eigenvalue weighted by Crippen LogP contribution is -2.35. The summed E-state index contributed by atoms with van der Waals surface area (Å²) in [6.07, 6.45) is 4.54. The van der Waals surface area contributed by atoms with Gasteiger partial charge in [0.25, 0.3) is 0 Å². The van der Waals surface area contributed by atoms with Crippen LogP contribution < -0.4 is 15.4 Å². The topological polar surface area (TPSA) is 50.4 Å². The van der Waals surface area contributed by atoms with E-state index in [1.807, 2.05) is 42.5 Å². The SMILES string of the molecule is O=C1NCCC1NCc1ccc(OCC=Cc2ccccc2)c(F)c1. The first-order valence-corrected chi connectivity index (χ1v) is 8.36. The third-order valence-electron chi connectivity index (χ3n) is 4.04. The van der Waals surface area contributed by atoms with Gasteiger partial charge >= 0.3 is 0 Å². The van der Waals surface area contributed by atoms with Gasteiger partial charge < -0.3 is 15.4 Å². The minimum atomic E-state index is -0.400. The maximum atomic E-state index is 14.1. The van der Waals surface area contributed by atoms with Gasteiger partial charge in [-0.05, 0) is 35.8 Å². The van der Waals surface area contributed by atoms with Gasteiger partial charge in [-0.15, -0.1) is 0 Å². The van der Waals surface area contributed by atoms with Crippen molar-refractivity contribution in [1.82, 2.24) is 10.6 Å². The van der Waals surface area contributed by atoms with Crippen LogP contribution in [0.1, 0.15) is 17.5 Å². The molecule has 1 saturated heterocycles. The molecule has 0 bridgehead atoms. The Morgan fingerprint density at radius 3 is 2.80 bits per heavy atom. The standard InChI is InChI=1S/C20H21FN2O2/c21-17-13-16(14-23-18-10-11-22-20(18)24)8-9-19(17)25-12-4-7-15-5-2-1-3-6-15/h1-9,13,18,23H,10-12,14H2,(H,22,24). The molecule has 25 heavy (non-hydrogen) atoms. The quantitative estimate of drug-likeness (QED) is 0.815. The molecule has 0 radical (unpaired) electrons. The molecule has 2 N–H and O–H groups in total. The van der Waals surface area contributed by atoms with Gasteiger partial charge in [0.15, 0.2) is 11.6 Å². The smallest absolute Gasteiger partial charge is 0.237 e. The van der Waals surface area contributed by atoms with Crippen LogP contribution in [0.2, 0.25) is 0 Å². The van der Waals surface area contributed by atoms with Gasteiger partial charge in [0.1, 0.15) is 6.61 Å². The van der Waals surface area contributed by atoms with Crippen molar-refractivity contribution in [2.24, 2.45) is 0 Å². The molecular weight excluding hydrogens is 319 g/mol. The molecular formula is C20H21FN2O2. The third kappa shape index (κ3) is 4.90. The summed E-state index contributed by atoms with van der Waals surface area (Å²) in [7, 11) is 0. The van der Waals surface area contributed by atoms with Gasteiger partial charge in [-0.1, -0.05) is 42.5 Å². The first kappa shape index (κ1) is 17.2. The number of nitrogens with one attached hydrogen (secondary N) is 2. The molecule has 2 aromatic carbocycles. The Balaban J connectivity index is 1.49. The summed E-state index contributed by atoms with van der Waals surface area (Å²) in [6, 6.07) is 14.5. The fourth-order valence-electron chi connectivity index (χ4n) is 2.69. The van der Waals surface area contributed by atoms with E-state index in [9.17, 15) is 9.18 Å². The van der Waals surface area contributed by atoms with Crippen LogP contribution in [0.25, 0.3) is 6.08 Å². The molecule has 1 fully saturated rings. The number of carbonyl (C=O) groups excluding carboxylic acids is 1. The van der Waals surface area contributed by atoms with Crippen molar-refractivity contribution < 1.29 is 13.9 Å². The van der Waals surface area contributed by atoms with E-state index in [1.165, 1.54) is 6.07 Å². The van der Waals surface area contributed by atoms with Crippen LogP contribution in [0.5, 0.6) is 5.75 Å². The van der Waals surface area contributed by atoms with Crippen LogP contribution in [0.4, 0.5) is 4.39 Å². The second kappa shape index (κ2) is 8.44. The molecule has 1 amide bonds. The van der Waals surface area contributed by atoms with Gasteiger partial charge in [-0.3, -0.25) is 4.79 Å². The van der Waals surface area contributed by atoms with Crippen LogP contribution in [-0.4, -0.2) is 25.1 Å². The second-order valence-corrected chi connectivity index (χ2v) is 5.90. The Morgan fingerprint density at radius 2 is 2.08 bits per heavy atom. The highest BCUT2D eigenvalue weighted by Crippen LogP contribution is 2.18. The molecule has 1 heterocycles.